The second-order valence-electron chi connectivity index (χ2n) is 22.7. The third-order valence-electron chi connectivity index (χ3n) is 19.3. The van der Waals surface area contributed by atoms with Gasteiger partial charge < -0.3 is 39.8 Å². The summed E-state index contributed by atoms with van der Waals surface area (Å²) >= 11 is 0. The highest BCUT2D eigenvalue weighted by Gasteiger charge is 2.78. The van der Waals surface area contributed by atoms with Crippen molar-refractivity contribution in [3.8, 4) is 0 Å². The minimum Gasteiger partial charge on any atom is -0.373 e. The monoisotopic (exact) mass is 1350 g/mol. The van der Waals surface area contributed by atoms with Gasteiger partial charge in [0.2, 0.25) is 0 Å². The first-order valence-corrected chi connectivity index (χ1v) is 49.8. The molecule has 0 aromatic heterocycles. The van der Waals surface area contributed by atoms with Crippen molar-refractivity contribution in [1.82, 2.24) is 0 Å². The lowest BCUT2D eigenvalue weighted by Gasteiger charge is -2.52. The van der Waals surface area contributed by atoms with Crippen LogP contribution < -0.4 is 0 Å². The molecule has 7 aliphatic rings. The highest BCUT2D eigenvalue weighted by Crippen LogP contribution is 2.79. The molecule has 0 spiro atoms. The van der Waals surface area contributed by atoms with E-state index in [0.717, 1.165) is 44.9 Å². The quantitative estimate of drug-likeness (QED) is 0.0252. The standard InChI is InChI=1S/C53H100O9S12Si3/c1-13-47-33-30-44(36-47)39-50(47,75(54-16-4,55-17-5)56-18-6)63-69-72-66-53(42-43-28-26-25-27-29-43,67-73-70-64-51(40-45-31-34-48(51,14-2)37-45)76(57-19-7,58-20-8)59-21-9)68-74-71-65-52(41-46-32-35-49(52,15-3)38-46)77(60-22-10,61-23-11)62-24-12/h43-46H,13-42H2,1-12H3. The third kappa shape index (κ3) is 13.5. The van der Waals surface area contributed by atoms with Gasteiger partial charge in [0.25, 0.3) is 0 Å². The Bertz CT molecular complexity index is 1570. The average molecular weight is 1350 g/mol. The molecule has 6 bridgehead atoms. The summed E-state index contributed by atoms with van der Waals surface area (Å²) < 4.78 is 62.1. The van der Waals surface area contributed by atoms with Gasteiger partial charge in [0.1, 0.15) is 16.5 Å². The highest BCUT2D eigenvalue weighted by molar-refractivity contribution is 9.32. The van der Waals surface area contributed by atoms with Crippen LogP contribution in [0.4, 0.5) is 0 Å². The molecule has 7 aliphatic carbocycles. The van der Waals surface area contributed by atoms with E-state index in [1.807, 2.05) is 59.0 Å². The van der Waals surface area contributed by atoms with Crippen molar-refractivity contribution in [2.24, 2.45) is 39.9 Å². The summed E-state index contributed by atoms with van der Waals surface area (Å²) in [6.07, 6.45) is 26.0. The Kier molecular flexibility index (Phi) is 28.0. The van der Waals surface area contributed by atoms with Gasteiger partial charge in [-0.1, -0.05) is 118 Å². The van der Waals surface area contributed by atoms with Crippen molar-refractivity contribution in [2.75, 3.05) is 59.5 Å². The Morgan fingerprint density at radius 1 is 0.351 bits per heavy atom. The molecule has 7 fully saturated rings. The largest absolute Gasteiger partial charge is 0.519 e. The third-order valence-corrected chi connectivity index (χ3v) is 59.4. The Morgan fingerprint density at radius 3 is 0.857 bits per heavy atom. The van der Waals surface area contributed by atoms with Crippen molar-refractivity contribution in [1.29, 1.82) is 0 Å². The van der Waals surface area contributed by atoms with E-state index in [4.69, 9.17) is 39.8 Å². The zero-order chi connectivity index (χ0) is 55.4. The van der Waals surface area contributed by atoms with E-state index in [9.17, 15) is 0 Å². The van der Waals surface area contributed by atoms with E-state index in [1.54, 1.807) is 0 Å². The van der Waals surface area contributed by atoms with Crippen molar-refractivity contribution in [2.45, 2.75) is 234 Å². The summed E-state index contributed by atoms with van der Waals surface area (Å²) in [5.74, 6) is 2.77. The van der Waals surface area contributed by atoms with Crippen molar-refractivity contribution < 1.29 is 39.8 Å². The summed E-state index contributed by atoms with van der Waals surface area (Å²) in [6, 6.07) is 0. The molecule has 9 nitrogen and oxygen atoms in total. The van der Waals surface area contributed by atoms with Crippen LogP contribution in [0.2, 0.25) is 0 Å². The van der Waals surface area contributed by atoms with Gasteiger partial charge in [-0.25, -0.2) is 0 Å². The van der Waals surface area contributed by atoms with Crippen LogP contribution in [-0.4, -0.2) is 102 Å². The van der Waals surface area contributed by atoms with Gasteiger partial charge in [0.15, 0.2) is 0 Å². The normalized spacial score (nSPS) is 34.1. The average Bonchev–Trinajstić information content (AvgIpc) is 4.50. The molecular formula is C53H100O9S12Si3. The summed E-state index contributed by atoms with van der Waals surface area (Å²) in [5.41, 5.74) is 0.433. The predicted molar refractivity (Wildman–Crippen MR) is 359 cm³/mol. The van der Waals surface area contributed by atoms with Gasteiger partial charge >= 0.3 is 26.4 Å². The van der Waals surface area contributed by atoms with E-state index >= 15 is 0 Å². The summed E-state index contributed by atoms with van der Waals surface area (Å²) in [6.45, 7) is 32.0. The molecule has 9 atom stereocenters. The molecule has 9 unspecified atom stereocenters. The number of fused-ring (bicyclic) bond motifs is 6. The lowest BCUT2D eigenvalue weighted by atomic mass is 9.80. The molecule has 7 rings (SSSR count). The second kappa shape index (κ2) is 31.3. The van der Waals surface area contributed by atoms with E-state index in [0.29, 0.717) is 83.1 Å². The Hall–Kier alpha value is 4.49. The fraction of sp³-hybridized carbons (Fsp3) is 1.00. The number of hydrogen-bond acceptors (Lipinski definition) is 21. The van der Waals surface area contributed by atoms with E-state index in [2.05, 4.69) is 148 Å². The van der Waals surface area contributed by atoms with Gasteiger partial charge in [-0.2, -0.15) is 0 Å². The molecular weight excluding hydrogens is 1250 g/mol. The van der Waals surface area contributed by atoms with E-state index < -0.39 is 26.4 Å². The maximum atomic E-state index is 6.98. The maximum absolute atomic E-state index is 6.98. The molecule has 0 amide bonds. The molecule has 24 heteroatoms. The Balaban J connectivity index is 1.22. The summed E-state index contributed by atoms with van der Waals surface area (Å²) in [4.78, 5) is 0. The van der Waals surface area contributed by atoms with Crippen molar-refractivity contribution in [3.05, 3.63) is 0 Å². The maximum Gasteiger partial charge on any atom is 0.519 e. The molecule has 0 aromatic carbocycles. The second-order valence-corrected chi connectivity index (χ2v) is 51.8. The topological polar surface area (TPSA) is 83.1 Å². The van der Waals surface area contributed by atoms with Crippen molar-refractivity contribution in [3.63, 3.8) is 0 Å². The van der Waals surface area contributed by atoms with Crippen molar-refractivity contribution >= 4 is 150 Å². The van der Waals surface area contributed by atoms with Crippen LogP contribution in [0.15, 0.2) is 0 Å². The highest BCUT2D eigenvalue weighted by atomic mass is 33.7. The SMILES string of the molecule is CCO[Si](OCC)(OCC)C1(SSSSC(CC2CCCCC2)(SSSSC2([Si](OCC)(OCC)OCC)CC3CCC2(CC)C3)SSSSC2([Si](OCC)(OCC)OCC)CC3CCC2(CC)C3)CC2CCC1(CC)C2. The smallest absolute Gasteiger partial charge is 0.373 e. The summed E-state index contributed by atoms with van der Waals surface area (Å²) in [7, 11) is 15.3. The van der Waals surface area contributed by atoms with Crippen LogP contribution in [0.25, 0.3) is 0 Å². The van der Waals surface area contributed by atoms with Gasteiger partial charge in [0, 0.05) is 59.5 Å². The number of hydrogen-bond donors (Lipinski definition) is 0. The minimum absolute atomic E-state index is 0.144. The molecule has 77 heavy (non-hydrogen) atoms. The van der Waals surface area contributed by atoms with Crippen LogP contribution in [0.1, 0.15) is 218 Å². The van der Waals surface area contributed by atoms with E-state index in [1.165, 1.54) is 89.9 Å². The lowest BCUT2D eigenvalue weighted by molar-refractivity contribution is 0.0347. The molecule has 0 aliphatic heterocycles. The fourth-order valence-corrected chi connectivity index (χ4v) is 64.9. The van der Waals surface area contributed by atoms with Crippen LogP contribution >= 0.6 is 124 Å². The van der Waals surface area contributed by atoms with Gasteiger partial charge in [-0.3, -0.25) is 0 Å². The van der Waals surface area contributed by atoms with Gasteiger partial charge in [-0.15, -0.1) is 0 Å². The van der Waals surface area contributed by atoms with E-state index in [-0.39, 0.29) is 32.8 Å². The lowest BCUT2D eigenvalue weighted by Crippen LogP contribution is -2.68. The molecule has 0 aromatic rings. The molecule has 0 N–H and O–H groups in total. The predicted octanol–water partition coefficient (Wildman–Crippen LogP) is 20.4. The van der Waals surface area contributed by atoms with Crippen LogP contribution in [0, 0.1) is 39.9 Å². The Labute approximate surface area is 518 Å². The van der Waals surface area contributed by atoms with Gasteiger partial charge in [0.05, 0.1) is 0 Å². The first kappa shape index (κ1) is 69.0. The first-order chi connectivity index (χ1) is 37.3. The molecule has 0 heterocycles. The fourth-order valence-electron chi connectivity index (χ4n) is 16.3. The molecule has 450 valence electrons. The summed E-state index contributed by atoms with van der Waals surface area (Å²) in [5, 5.41) is 0. The zero-order valence-corrected chi connectivity index (χ0v) is 61.9. The van der Waals surface area contributed by atoms with Crippen LogP contribution in [0.5, 0.6) is 0 Å². The number of rotatable bonds is 41. The van der Waals surface area contributed by atoms with Gasteiger partial charge in [-0.05, 0) is 264 Å². The molecule has 0 saturated heterocycles. The molecule has 7 saturated carbocycles. The van der Waals surface area contributed by atoms with Crippen LogP contribution in [0.3, 0.4) is 0 Å². The minimum atomic E-state index is -3.15. The van der Waals surface area contributed by atoms with Crippen LogP contribution in [-0.2, 0) is 39.8 Å². The Morgan fingerprint density at radius 2 is 0.623 bits per heavy atom. The molecule has 0 radical (unpaired) electrons. The zero-order valence-electron chi connectivity index (χ0n) is 49.1. The first-order valence-electron chi connectivity index (χ1n) is 30.1.